The smallest absolute Gasteiger partial charge is 0.308 e. The zero-order valence-electron chi connectivity index (χ0n) is 15.2. The number of carbonyl (C=O) groups is 2. The van der Waals surface area contributed by atoms with Crippen molar-refractivity contribution in [2.45, 2.75) is 39.5 Å². The summed E-state index contributed by atoms with van der Waals surface area (Å²) in [6.45, 7) is 7.01. The van der Waals surface area contributed by atoms with Crippen molar-refractivity contribution in [3.05, 3.63) is 29.3 Å². The van der Waals surface area contributed by atoms with Gasteiger partial charge < -0.3 is 14.7 Å². The number of hydrogen-bond donors (Lipinski definition) is 1. The Kier molecular flexibility index (Phi) is 5.02. The van der Waals surface area contributed by atoms with Crippen LogP contribution in [0.4, 0.5) is 0 Å². The molecule has 2 atom stereocenters. The fraction of sp³-hybridized carbons (Fsp3) is 0.600. The van der Waals surface area contributed by atoms with E-state index >= 15 is 0 Å². The molecule has 0 aromatic heterocycles. The molecule has 1 saturated carbocycles. The highest BCUT2D eigenvalue weighted by atomic mass is 16.5. The molecule has 0 spiro atoms. The minimum Gasteiger partial charge on any atom is -0.483 e. The lowest BCUT2D eigenvalue weighted by Gasteiger charge is -2.19. The normalized spacial score (nSPS) is 23.1. The van der Waals surface area contributed by atoms with Gasteiger partial charge in [0.05, 0.1) is 5.92 Å². The van der Waals surface area contributed by atoms with Crippen molar-refractivity contribution in [3.63, 3.8) is 0 Å². The van der Waals surface area contributed by atoms with Gasteiger partial charge >= 0.3 is 5.97 Å². The summed E-state index contributed by atoms with van der Waals surface area (Å²) < 4.78 is 5.82. The third-order valence-electron chi connectivity index (χ3n) is 5.40. The quantitative estimate of drug-likeness (QED) is 0.860. The minimum absolute atomic E-state index is 0.0348. The van der Waals surface area contributed by atoms with Crippen molar-refractivity contribution in [2.24, 2.45) is 17.8 Å². The lowest BCUT2D eigenvalue weighted by Crippen LogP contribution is -2.34. The Bertz CT molecular complexity index is 666. The van der Waals surface area contributed by atoms with E-state index in [1.165, 1.54) is 0 Å². The van der Waals surface area contributed by atoms with Crippen molar-refractivity contribution in [2.75, 3.05) is 19.7 Å². The molecule has 25 heavy (non-hydrogen) atoms. The molecule has 1 aromatic rings. The Morgan fingerprint density at radius 2 is 2.00 bits per heavy atom. The molecule has 1 heterocycles. The van der Waals surface area contributed by atoms with Gasteiger partial charge in [-0.1, -0.05) is 26.0 Å². The van der Waals surface area contributed by atoms with E-state index in [0.29, 0.717) is 24.9 Å². The van der Waals surface area contributed by atoms with Gasteiger partial charge in [0, 0.05) is 13.1 Å². The Labute approximate surface area is 149 Å². The molecule has 1 N–H and O–H groups in total. The van der Waals surface area contributed by atoms with Gasteiger partial charge in [-0.3, -0.25) is 9.59 Å². The fourth-order valence-electron chi connectivity index (χ4n) is 3.77. The molecule has 5 heteroatoms. The molecule has 5 nitrogen and oxygen atoms in total. The highest BCUT2D eigenvalue weighted by molar-refractivity contribution is 5.80. The molecule has 0 unspecified atom stereocenters. The number of aliphatic carboxylic acids is 1. The van der Waals surface area contributed by atoms with Crippen molar-refractivity contribution >= 4 is 11.9 Å². The first-order chi connectivity index (χ1) is 11.9. The van der Waals surface area contributed by atoms with Crippen LogP contribution >= 0.6 is 0 Å². The van der Waals surface area contributed by atoms with Gasteiger partial charge in [0.15, 0.2) is 6.61 Å². The summed E-state index contributed by atoms with van der Waals surface area (Å²) >= 11 is 0. The van der Waals surface area contributed by atoms with E-state index in [1.54, 1.807) is 4.90 Å². The number of hydrogen-bond acceptors (Lipinski definition) is 3. The average Bonchev–Trinajstić information content (AvgIpc) is 3.30. The topological polar surface area (TPSA) is 66.8 Å². The number of amides is 1. The van der Waals surface area contributed by atoms with E-state index < -0.39 is 11.9 Å². The SMILES string of the molecule is Cc1ccc(C(C)C)c(OCC(=O)N2C[C@H](C(=O)O)[C@@H](C3CC3)C2)c1. The number of carbonyl (C=O) groups excluding carboxylic acids is 1. The van der Waals surface area contributed by atoms with E-state index in [2.05, 4.69) is 13.8 Å². The fourth-order valence-corrected chi connectivity index (χ4v) is 3.77. The largest absolute Gasteiger partial charge is 0.483 e. The van der Waals surface area contributed by atoms with Crippen molar-refractivity contribution in [3.8, 4) is 5.75 Å². The van der Waals surface area contributed by atoms with Crippen LogP contribution in [0.2, 0.25) is 0 Å². The molecule has 1 saturated heterocycles. The molecular weight excluding hydrogens is 318 g/mol. The zero-order valence-corrected chi connectivity index (χ0v) is 15.2. The van der Waals surface area contributed by atoms with E-state index in [9.17, 15) is 14.7 Å². The highest BCUT2D eigenvalue weighted by Gasteiger charge is 2.46. The number of ether oxygens (including phenoxy) is 1. The second-order valence-corrected chi connectivity index (χ2v) is 7.73. The monoisotopic (exact) mass is 345 g/mol. The van der Waals surface area contributed by atoms with E-state index in [-0.39, 0.29) is 18.4 Å². The molecule has 2 fully saturated rings. The van der Waals surface area contributed by atoms with Gasteiger partial charge in [-0.2, -0.15) is 0 Å². The van der Waals surface area contributed by atoms with Gasteiger partial charge in [-0.15, -0.1) is 0 Å². The number of rotatable bonds is 6. The van der Waals surface area contributed by atoms with Crippen LogP contribution in [0.1, 0.15) is 43.7 Å². The van der Waals surface area contributed by atoms with Crippen LogP contribution in [0.5, 0.6) is 5.75 Å². The summed E-state index contributed by atoms with van der Waals surface area (Å²) in [5.41, 5.74) is 2.17. The van der Waals surface area contributed by atoms with Gasteiger partial charge in [-0.05, 0) is 54.7 Å². The minimum atomic E-state index is -0.783. The summed E-state index contributed by atoms with van der Waals surface area (Å²) in [6, 6.07) is 6.04. The lowest BCUT2D eigenvalue weighted by molar-refractivity contribution is -0.142. The first-order valence-corrected chi connectivity index (χ1v) is 9.10. The predicted molar refractivity (Wildman–Crippen MR) is 94.7 cm³/mol. The average molecular weight is 345 g/mol. The standard InChI is InChI=1S/C20H27NO4/c1-12(2)15-7-4-13(3)8-18(15)25-11-19(22)21-9-16(14-5-6-14)17(10-21)20(23)24/h4,7-8,12,14,16-17H,5-6,9-11H2,1-3H3,(H,23,24)/t16-,17+/m1/s1. The number of carboxylic acid groups (broad SMARTS) is 1. The summed E-state index contributed by atoms with van der Waals surface area (Å²) in [4.78, 5) is 25.7. The number of aryl methyl sites for hydroxylation is 1. The summed E-state index contributed by atoms with van der Waals surface area (Å²) in [5.74, 6) is 0.307. The van der Waals surface area contributed by atoms with E-state index in [4.69, 9.17) is 4.74 Å². The van der Waals surface area contributed by atoms with Gasteiger partial charge in [0.2, 0.25) is 0 Å². The maximum absolute atomic E-state index is 12.5. The number of benzene rings is 1. The molecule has 0 bridgehead atoms. The Hall–Kier alpha value is -2.04. The molecular formula is C20H27NO4. The Balaban J connectivity index is 1.63. The molecule has 1 amide bonds. The third kappa shape index (κ3) is 3.97. The molecule has 1 aliphatic heterocycles. The molecule has 2 aliphatic rings. The van der Waals surface area contributed by atoms with Gasteiger partial charge in [0.25, 0.3) is 5.91 Å². The van der Waals surface area contributed by atoms with Crippen molar-refractivity contribution in [1.29, 1.82) is 0 Å². The van der Waals surface area contributed by atoms with Crippen molar-refractivity contribution < 1.29 is 19.4 Å². The second kappa shape index (κ2) is 7.06. The zero-order chi connectivity index (χ0) is 18.1. The molecule has 136 valence electrons. The van der Waals surface area contributed by atoms with Crippen molar-refractivity contribution in [1.82, 2.24) is 4.90 Å². The summed E-state index contributed by atoms with van der Waals surface area (Å²) in [5, 5.41) is 9.43. The van der Waals surface area contributed by atoms with Crippen LogP contribution in [0.3, 0.4) is 0 Å². The number of carboxylic acids is 1. The predicted octanol–water partition coefficient (Wildman–Crippen LogP) is 3.07. The maximum Gasteiger partial charge on any atom is 0.308 e. The summed E-state index contributed by atoms with van der Waals surface area (Å²) in [7, 11) is 0. The Morgan fingerprint density at radius 1 is 1.28 bits per heavy atom. The van der Waals surface area contributed by atoms with Crippen LogP contribution in [-0.4, -0.2) is 41.6 Å². The van der Waals surface area contributed by atoms with Crippen LogP contribution in [0.25, 0.3) is 0 Å². The lowest BCUT2D eigenvalue weighted by atomic mass is 9.92. The molecule has 3 rings (SSSR count). The van der Waals surface area contributed by atoms with Crippen LogP contribution in [0, 0.1) is 24.7 Å². The first kappa shape index (κ1) is 17.8. The van der Waals surface area contributed by atoms with E-state index in [1.807, 2.05) is 25.1 Å². The summed E-state index contributed by atoms with van der Waals surface area (Å²) in [6.07, 6.45) is 2.18. The molecule has 0 radical (unpaired) electrons. The molecule has 1 aromatic carbocycles. The molecule has 1 aliphatic carbocycles. The maximum atomic E-state index is 12.5. The first-order valence-electron chi connectivity index (χ1n) is 9.10. The van der Waals surface area contributed by atoms with Gasteiger partial charge in [0.1, 0.15) is 5.75 Å². The second-order valence-electron chi connectivity index (χ2n) is 7.73. The van der Waals surface area contributed by atoms with Crippen LogP contribution in [-0.2, 0) is 9.59 Å². The highest BCUT2D eigenvalue weighted by Crippen LogP contribution is 2.44. The number of likely N-dealkylation sites (tertiary alicyclic amines) is 1. The van der Waals surface area contributed by atoms with Crippen LogP contribution in [0.15, 0.2) is 18.2 Å². The van der Waals surface area contributed by atoms with E-state index in [0.717, 1.165) is 29.7 Å². The Morgan fingerprint density at radius 3 is 2.60 bits per heavy atom. The number of nitrogens with zero attached hydrogens (tertiary/aromatic N) is 1. The van der Waals surface area contributed by atoms with Gasteiger partial charge in [-0.25, -0.2) is 0 Å². The third-order valence-corrected chi connectivity index (χ3v) is 5.40. The van der Waals surface area contributed by atoms with Crippen LogP contribution < -0.4 is 4.74 Å².